The fraction of sp³-hybridized carbons (Fsp3) is 0.500. The van der Waals surface area contributed by atoms with Gasteiger partial charge >= 0.3 is 6.29 Å². The summed E-state index contributed by atoms with van der Waals surface area (Å²) in [7, 11) is 0.500. The van der Waals surface area contributed by atoms with Crippen LogP contribution in [0.4, 0.5) is 18.0 Å². The van der Waals surface area contributed by atoms with Crippen molar-refractivity contribution in [3.8, 4) is 0 Å². The highest BCUT2D eigenvalue weighted by Crippen LogP contribution is 1.70. The van der Waals surface area contributed by atoms with Crippen LogP contribution in [0.15, 0.2) is 0 Å². The maximum atomic E-state index is 9.69. The molecule has 0 radical (unpaired) electrons. The molecule has 6 heavy (non-hydrogen) atoms. The Bertz CT molecular complexity index is 31.8. The highest BCUT2D eigenvalue weighted by Gasteiger charge is 1.78. The average Bonchev–Trinajstić information content (AvgIpc) is 1.41. The van der Waals surface area contributed by atoms with Gasteiger partial charge in [-0.3, -0.25) is 4.39 Å². The molecule has 0 aliphatic heterocycles. The van der Waals surface area contributed by atoms with Crippen LogP contribution in [0.5, 0.6) is 0 Å². The van der Waals surface area contributed by atoms with Gasteiger partial charge in [-0.2, -0.15) is 0 Å². The lowest BCUT2D eigenvalue weighted by atomic mass is 11.6. The van der Waals surface area contributed by atoms with Gasteiger partial charge in [-0.1, -0.05) is 0 Å². The Kier molecular flexibility index (Phi) is 13.3. The third kappa shape index (κ3) is 71.8. The molecule has 0 aliphatic rings. The molecule has 0 unspecified atom stereocenters. The SMILES string of the molecule is CF.O=C(F)F. The van der Waals surface area contributed by atoms with Crippen LogP contribution in [-0.2, 0) is 0 Å². The van der Waals surface area contributed by atoms with Gasteiger partial charge in [0.05, 0.1) is 7.18 Å². The minimum Gasteiger partial charge on any atom is -0.255 e. The number of alkyl halides is 1. The maximum absolute atomic E-state index is 9.69. The van der Waals surface area contributed by atoms with Crippen molar-refractivity contribution in [2.24, 2.45) is 0 Å². The highest BCUT2D eigenvalue weighted by molar-refractivity contribution is 5.55. The largest absolute Gasteiger partial charge is 0.483 e. The summed E-state index contributed by atoms with van der Waals surface area (Å²) in [5.41, 5.74) is 0. The summed E-state index contributed by atoms with van der Waals surface area (Å²) >= 11 is 0. The van der Waals surface area contributed by atoms with Crippen molar-refractivity contribution in [1.82, 2.24) is 0 Å². The van der Waals surface area contributed by atoms with Crippen molar-refractivity contribution < 1.29 is 18.0 Å². The second-order valence-electron chi connectivity index (χ2n) is 0.226. The Morgan fingerprint density at radius 3 is 1.33 bits per heavy atom. The zero-order chi connectivity index (χ0) is 5.58. The molecule has 0 rings (SSSR count). The summed E-state index contributed by atoms with van der Waals surface area (Å²) in [6, 6.07) is 0. The fourth-order valence-electron chi connectivity index (χ4n) is 0. The van der Waals surface area contributed by atoms with E-state index in [1.54, 1.807) is 0 Å². The second-order valence-corrected chi connectivity index (χ2v) is 0.226. The molecule has 0 aliphatic carbocycles. The van der Waals surface area contributed by atoms with Crippen molar-refractivity contribution in [2.75, 3.05) is 7.18 Å². The first kappa shape index (κ1) is 9.07. The van der Waals surface area contributed by atoms with E-state index >= 15 is 0 Å². The van der Waals surface area contributed by atoms with Crippen molar-refractivity contribution in [3.05, 3.63) is 0 Å². The first-order valence-electron chi connectivity index (χ1n) is 0.960. The molecule has 0 saturated carbocycles. The van der Waals surface area contributed by atoms with Gasteiger partial charge in [0.1, 0.15) is 0 Å². The Hall–Kier alpha value is -0.540. The number of hydrogen-bond donors (Lipinski definition) is 0. The Morgan fingerprint density at radius 1 is 1.33 bits per heavy atom. The van der Waals surface area contributed by atoms with Crippen LogP contribution in [0.2, 0.25) is 0 Å². The van der Waals surface area contributed by atoms with Gasteiger partial charge in [-0.25, -0.2) is 4.79 Å². The molecule has 0 fully saturated rings. The molecular formula is C2H3F3O. The van der Waals surface area contributed by atoms with Gasteiger partial charge in [-0.15, -0.1) is 8.78 Å². The molecule has 0 atom stereocenters. The monoisotopic (exact) mass is 100 g/mol. The second kappa shape index (κ2) is 8.82. The smallest absolute Gasteiger partial charge is 0.255 e. The predicted octanol–water partition coefficient (Wildman–Crippen LogP) is 1.63. The molecule has 4 heteroatoms. The highest BCUT2D eigenvalue weighted by atomic mass is 19.3. The number of halogens is 3. The summed E-state index contributed by atoms with van der Waals surface area (Å²) in [5.74, 6) is 0. The lowest BCUT2D eigenvalue weighted by Gasteiger charge is -1.45. The summed E-state index contributed by atoms with van der Waals surface area (Å²) in [4.78, 5) is 8.11. The predicted molar refractivity (Wildman–Crippen MR) is 14.6 cm³/mol. The number of carbonyl (C=O) groups is 1. The van der Waals surface area contributed by atoms with Crippen molar-refractivity contribution in [1.29, 1.82) is 0 Å². The van der Waals surface area contributed by atoms with Gasteiger partial charge in [0.2, 0.25) is 0 Å². The fourth-order valence-corrected chi connectivity index (χ4v) is 0. The van der Waals surface area contributed by atoms with Crippen LogP contribution in [0.25, 0.3) is 0 Å². The summed E-state index contributed by atoms with van der Waals surface area (Å²) < 4.78 is 28.9. The van der Waals surface area contributed by atoms with E-state index in [1.165, 1.54) is 0 Å². The van der Waals surface area contributed by atoms with E-state index in [4.69, 9.17) is 4.79 Å². The van der Waals surface area contributed by atoms with Crippen LogP contribution in [0, 0.1) is 0 Å². The van der Waals surface area contributed by atoms with Crippen LogP contribution in [0.3, 0.4) is 0 Å². The minimum absolute atomic E-state index is 0.500. The standard InChI is InChI=1S/CF2O.CH3F/c2-1(3)4;1-2/h;1H3. The topological polar surface area (TPSA) is 17.1 Å². The maximum Gasteiger partial charge on any atom is 0.483 e. The molecule has 0 bridgehead atoms. The van der Waals surface area contributed by atoms with Crippen LogP contribution >= 0.6 is 0 Å². The van der Waals surface area contributed by atoms with Gasteiger partial charge in [0.25, 0.3) is 0 Å². The van der Waals surface area contributed by atoms with E-state index in [0.29, 0.717) is 7.18 Å². The Balaban J connectivity index is 0. The zero-order valence-corrected chi connectivity index (χ0v) is 3.04. The lowest BCUT2D eigenvalue weighted by molar-refractivity contribution is 0.199. The normalized spacial score (nSPS) is 5.33. The number of rotatable bonds is 0. The average molecular weight is 100 g/mol. The molecule has 0 aromatic heterocycles. The van der Waals surface area contributed by atoms with Crippen molar-refractivity contribution >= 4 is 6.29 Å². The Labute approximate surface area is 32.8 Å². The first-order chi connectivity index (χ1) is 2.73. The first-order valence-corrected chi connectivity index (χ1v) is 0.960. The molecule has 0 spiro atoms. The van der Waals surface area contributed by atoms with E-state index in [2.05, 4.69) is 0 Å². The van der Waals surface area contributed by atoms with Crippen LogP contribution in [0.1, 0.15) is 0 Å². The van der Waals surface area contributed by atoms with Crippen LogP contribution in [-0.4, -0.2) is 13.5 Å². The molecule has 0 amide bonds. The van der Waals surface area contributed by atoms with Crippen molar-refractivity contribution in [3.63, 3.8) is 0 Å². The molecular weight excluding hydrogens is 97.0 g/mol. The molecule has 0 aromatic rings. The molecule has 0 heterocycles. The summed E-state index contributed by atoms with van der Waals surface area (Å²) in [6.07, 6.45) is -2.83. The third-order valence-corrected chi connectivity index (χ3v) is 0. The number of carbonyl (C=O) groups excluding carboxylic acids is 1. The van der Waals surface area contributed by atoms with Gasteiger partial charge in [0, 0.05) is 0 Å². The van der Waals surface area contributed by atoms with E-state index in [1.807, 2.05) is 0 Å². The van der Waals surface area contributed by atoms with Gasteiger partial charge in [0.15, 0.2) is 0 Å². The summed E-state index contributed by atoms with van der Waals surface area (Å²) in [6.45, 7) is 0. The van der Waals surface area contributed by atoms with E-state index in [-0.39, 0.29) is 0 Å². The molecule has 0 aromatic carbocycles. The number of hydrogen-bond acceptors (Lipinski definition) is 1. The quantitative estimate of drug-likeness (QED) is 0.423. The van der Waals surface area contributed by atoms with Crippen LogP contribution < -0.4 is 0 Å². The molecule has 0 saturated heterocycles. The molecule has 38 valence electrons. The molecule has 1 nitrogen and oxygen atoms in total. The van der Waals surface area contributed by atoms with Gasteiger partial charge < -0.3 is 0 Å². The van der Waals surface area contributed by atoms with E-state index < -0.39 is 6.29 Å². The van der Waals surface area contributed by atoms with Crippen molar-refractivity contribution in [2.45, 2.75) is 0 Å². The lowest BCUT2D eigenvalue weighted by Crippen LogP contribution is -1.54. The third-order valence-electron chi connectivity index (χ3n) is 0. The van der Waals surface area contributed by atoms with Gasteiger partial charge in [-0.05, 0) is 0 Å². The minimum atomic E-state index is -2.83. The zero-order valence-electron chi connectivity index (χ0n) is 3.04. The van der Waals surface area contributed by atoms with E-state index in [9.17, 15) is 13.2 Å². The Morgan fingerprint density at radius 2 is 1.33 bits per heavy atom. The summed E-state index contributed by atoms with van der Waals surface area (Å²) in [5, 5.41) is 0. The van der Waals surface area contributed by atoms with E-state index in [0.717, 1.165) is 0 Å². The molecule has 0 N–H and O–H groups in total.